The van der Waals surface area contributed by atoms with Crippen LogP contribution in [-0.2, 0) is 33.0 Å². The second-order valence-electron chi connectivity index (χ2n) is 9.28. The Morgan fingerprint density at radius 2 is 1.87 bits per heavy atom. The van der Waals surface area contributed by atoms with Crippen LogP contribution in [0.25, 0.3) is 11.0 Å². The molecule has 1 atom stereocenters. The Morgan fingerprint density at radius 3 is 2.47 bits per heavy atom. The van der Waals surface area contributed by atoms with Crippen molar-refractivity contribution in [2.75, 3.05) is 11.3 Å². The third-order valence-corrected chi connectivity index (χ3v) is 8.49. The van der Waals surface area contributed by atoms with Gasteiger partial charge in [-0.05, 0) is 49.4 Å². The van der Waals surface area contributed by atoms with Crippen LogP contribution in [0.5, 0.6) is 0 Å². The summed E-state index contributed by atoms with van der Waals surface area (Å²) >= 11 is 0. The highest BCUT2D eigenvalue weighted by molar-refractivity contribution is 7.94. The molecule has 0 bridgehead atoms. The number of esters is 1. The number of amidine groups is 1. The van der Waals surface area contributed by atoms with Crippen molar-refractivity contribution < 1.29 is 17.9 Å². The summed E-state index contributed by atoms with van der Waals surface area (Å²) in [4.78, 5) is 30.1. The van der Waals surface area contributed by atoms with Gasteiger partial charge >= 0.3 is 5.97 Å². The number of hydrogen-bond acceptors (Lipinski definition) is 7. The van der Waals surface area contributed by atoms with Crippen molar-refractivity contribution in [2.45, 2.75) is 44.3 Å². The fourth-order valence-corrected chi connectivity index (χ4v) is 6.53. The molecule has 1 unspecified atom stereocenters. The molecule has 1 saturated carbocycles. The highest BCUT2D eigenvalue weighted by Gasteiger charge is 2.42. The predicted octanol–water partition coefficient (Wildman–Crippen LogP) is 3.09. The normalized spacial score (nSPS) is 14.6. The first-order chi connectivity index (χ1) is 17.6. The molecule has 0 saturated heterocycles. The van der Waals surface area contributed by atoms with E-state index in [2.05, 4.69) is 9.71 Å². The molecule has 12 heteroatoms. The largest absolute Gasteiger partial charge is 0.465 e. The molecule has 3 aromatic rings. The van der Waals surface area contributed by atoms with Gasteiger partial charge < -0.3 is 15.0 Å². The molecule has 0 radical (unpaired) electrons. The highest BCUT2D eigenvalue weighted by atomic mass is 35.5. The van der Waals surface area contributed by atoms with Gasteiger partial charge in [-0.3, -0.25) is 19.7 Å². The van der Waals surface area contributed by atoms with Gasteiger partial charge in [-0.15, -0.1) is 12.4 Å². The number of anilines is 1. The molecular weight excluding hydrogens is 530 g/mol. The Bertz CT molecular complexity index is 1500. The Labute approximate surface area is 227 Å². The van der Waals surface area contributed by atoms with Gasteiger partial charge in [-0.25, -0.2) is 13.4 Å². The first-order valence-corrected chi connectivity index (χ1v) is 13.8. The minimum absolute atomic E-state index is 0. The molecule has 1 fully saturated rings. The van der Waals surface area contributed by atoms with Crippen LogP contribution in [0.1, 0.15) is 49.4 Å². The van der Waals surface area contributed by atoms with E-state index in [0.29, 0.717) is 35.1 Å². The lowest BCUT2D eigenvalue weighted by molar-refractivity contribution is -0.143. The molecule has 1 aliphatic carbocycles. The fraction of sp³-hybridized carbons (Fsp3) is 0.385. The number of nitrogens with two attached hydrogens (primary N) is 1. The summed E-state index contributed by atoms with van der Waals surface area (Å²) in [7, 11) is -2.45. The monoisotopic (exact) mass is 561 g/mol. The van der Waals surface area contributed by atoms with Crippen molar-refractivity contribution in [3.63, 3.8) is 0 Å². The summed E-state index contributed by atoms with van der Waals surface area (Å²) in [5.41, 5.74) is 8.17. The van der Waals surface area contributed by atoms with Crippen molar-refractivity contribution in [3.8, 4) is 0 Å². The number of nitrogen functional groups attached to an aromatic ring is 1. The standard InChI is InChI=1S/C26H31N5O5S.ClH/c1-3-36-26(33)23(17-6-4-5-7-17)37(34,35)30-19-12-13-22-20(15-19)29-21(25(32)31(22)2)14-16-8-10-18(11-9-16)24(27)28;/h8-13,15,17,23,30H,3-7,14H2,1-2H3,(H3,27,28);1H. The predicted molar refractivity (Wildman–Crippen MR) is 149 cm³/mol. The highest BCUT2D eigenvalue weighted by Crippen LogP contribution is 2.33. The molecule has 1 aliphatic rings. The summed E-state index contributed by atoms with van der Waals surface area (Å²) < 4.78 is 35.8. The van der Waals surface area contributed by atoms with E-state index in [1.807, 2.05) is 0 Å². The van der Waals surface area contributed by atoms with Crippen LogP contribution in [0, 0.1) is 11.3 Å². The third-order valence-electron chi connectivity index (χ3n) is 6.72. The molecule has 1 heterocycles. The number of carbonyl (C=O) groups excluding carboxylic acids is 1. The zero-order valence-electron chi connectivity index (χ0n) is 21.3. The molecule has 4 rings (SSSR count). The summed E-state index contributed by atoms with van der Waals surface area (Å²) in [6.07, 6.45) is 3.32. The number of hydrogen-bond donors (Lipinski definition) is 3. The minimum atomic E-state index is -4.09. The Hall–Kier alpha value is -3.44. The summed E-state index contributed by atoms with van der Waals surface area (Å²) in [5, 5.41) is 6.23. The summed E-state index contributed by atoms with van der Waals surface area (Å²) in [6, 6.07) is 11.7. The van der Waals surface area contributed by atoms with E-state index in [4.69, 9.17) is 15.9 Å². The lowest BCUT2D eigenvalue weighted by Crippen LogP contribution is -2.41. The van der Waals surface area contributed by atoms with E-state index >= 15 is 0 Å². The zero-order valence-corrected chi connectivity index (χ0v) is 22.9. The molecule has 0 amide bonds. The van der Waals surface area contributed by atoms with Gasteiger partial charge in [0.25, 0.3) is 5.56 Å². The lowest BCUT2D eigenvalue weighted by Gasteiger charge is -2.22. The molecule has 204 valence electrons. The third kappa shape index (κ3) is 6.16. The van der Waals surface area contributed by atoms with Crippen molar-refractivity contribution in [1.82, 2.24) is 9.55 Å². The number of benzene rings is 2. The quantitative estimate of drug-likeness (QED) is 0.206. The van der Waals surface area contributed by atoms with Crippen LogP contribution in [0.4, 0.5) is 5.69 Å². The van der Waals surface area contributed by atoms with Crippen LogP contribution >= 0.6 is 12.4 Å². The SMILES string of the molecule is CCOC(=O)C(C1CCCC1)S(=O)(=O)Nc1ccc2c(c1)nc(Cc1ccc(C(=N)N)cc1)c(=O)n2C.Cl. The number of sulfonamides is 1. The minimum Gasteiger partial charge on any atom is -0.465 e. The van der Waals surface area contributed by atoms with Gasteiger partial charge in [0.15, 0.2) is 5.25 Å². The molecule has 0 aliphatic heterocycles. The number of nitrogens with one attached hydrogen (secondary N) is 2. The zero-order chi connectivity index (χ0) is 26.7. The number of aryl methyl sites for hydroxylation is 1. The Kier molecular flexibility index (Phi) is 9.16. The summed E-state index contributed by atoms with van der Waals surface area (Å²) in [5.74, 6) is -1.07. The molecule has 0 spiro atoms. The van der Waals surface area contributed by atoms with E-state index < -0.39 is 21.2 Å². The van der Waals surface area contributed by atoms with Gasteiger partial charge in [-0.1, -0.05) is 37.1 Å². The van der Waals surface area contributed by atoms with Gasteiger partial charge in [0.05, 0.1) is 23.3 Å². The van der Waals surface area contributed by atoms with E-state index in [1.165, 1.54) is 4.57 Å². The van der Waals surface area contributed by atoms with Crippen molar-refractivity contribution in [2.24, 2.45) is 18.7 Å². The number of rotatable bonds is 9. The second kappa shape index (κ2) is 12.0. The van der Waals surface area contributed by atoms with E-state index in [-0.39, 0.29) is 48.4 Å². The Balaban J connectivity index is 0.00000400. The van der Waals surface area contributed by atoms with Gasteiger partial charge in [0.2, 0.25) is 10.0 Å². The van der Waals surface area contributed by atoms with Crippen LogP contribution in [0.3, 0.4) is 0 Å². The lowest BCUT2D eigenvalue weighted by atomic mass is 10.0. The van der Waals surface area contributed by atoms with E-state index in [0.717, 1.165) is 18.4 Å². The number of ether oxygens (including phenoxy) is 1. The van der Waals surface area contributed by atoms with Crippen LogP contribution in [-0.4, -0.2) is 41.6 Å². The van der Waals surface area contributed by atoms with Gasteiger partial charge in [0.1, 0.15) is 11.5 Å². The molecule has 4 N–H and O–H groups in total. The smallest absolute Gasteiger partial charge is 0.326 e. The van der Waals surface area contributed by atoms with Crippen molar-refractivity contribution >= 4 is 51.0 Å². The fourth-order valence-electron chi connectivity index (χ4n) is 4.85. The topological polar surface area (TPSA) is 157 Å². The maximum absolute atomic E-state index is 13.3. The van der Waals surface area contributed by atoms with Crippen molar-refractivity contribution in [1.29, 1.82) is 5.41 Å². The van der Waals surface area contributed by atoms with Gasteiger partial charge in [-0.2, -0.15) is 0 Å². The first kappa shape index (κ1) is 29.1. The number of halogens is 1. The number of fused-ring (bicyclic) bond motifs is 1. The average Bonchev–Trinajstić information content (AvgIpc) is 3.36. The molecular formula is C26H32ClN5O5S. The van der Waals surface area contributed by atoms with Crippen LogP contribution in [0.2, 0.25) is 0 Å². The number of nitrogens with zero attached hydrogens (tertiary/aromatic N) is 2. The maximum Gasteiger partial charge on any atom is 0.326 e. The molecule has 2 aromatic carbocycles. The van der Waals surface area contributed by atoms with Crippen LogP contribution in [0.15, 0.2) is 47.3 Å². The van der Waals surface area contributed by atoms with Crippen LogP contribution < -0.4 is 16.0 Å². The maximum atomic E-state index is 13.3. The second-order valence-corrected chi connectivity index (χ2v) is 11.1. The molecule has 10 nitrogen and oxygen atoms in total. The number of aromatic nitrogens is 2. The number of carbonyl (C=O) groups is 1. The van der Waals surface area contributed by atoms with E-state index in [1.54, 1.807) is 56.4 Å². The first-order valence-electron chi connectivity index (χ1n) is 12.2. The summed E-state index contributed by atoms with van der Waals surface area (Å²) in [6.45, 7) is 1.75. The Morgan fingerprint density at radius 1 is 1.21 bits per heavy atom. The molecule has 38 heavy (non-hydrogen) atoms. The van der Waals surface area contributed by atoms with Crippen molar-refractivity contribution in [3.05, 3.63) is 69.6 Å². The molecule has 1 aromatic heterocycles. The average molecular weight is 562 g/mol. The van der Waals surface area contributed by atoms with E-state index in [9.17, 15) is 18.0 Å². The van der Waals surface area contributed by atoms with Gasteiger partial charge in [0, 0.05) is 19.0 Å².